The van der Waals surface area contributed by atoms with Gasteiger partial charge < -0.3 is 10.1 Å². The zero-order valence-corrected chi connectivity index (χ0v) is 13.5. The number of hydrogen-bond donors (Lipinski definition) is 1. The number of ether oxygens (including phenoxy) is 1. The summed E-state index contributed by atoms with van der Waals surface area (Å²) in [5.74, 6) is 1.00. The predicted molar refractivity (Wildman–Crippen MR) is 85.4 cm³/mol. The quantitative estimate of drug-likeness (QED) is 0.815. The van der Waals surface area contributed by atoms with Gasteiger partial charge in [-0.3, -0.25) is 4.90 Å². The zero-order chi connectivity index (χ0) is 14.1. The molecule has 0 bridgehead atoms. The molecule has 0 aromatic carbocycles. The van der Waals surface area contributed by atoms with Crippen molar-refractivity contribution in [1.29, 1.82) is 0 Å². The van der Waals surface area contributed by atoms with E-state index in [1.807, 2.05) is 0 Å². The molecule has 120 valence electrons. The molecule has 2 saturated carbocycles. The fourth-order valence-electron chi connectivity index (χ4n) is 4.97. The normalized spacial score (nSPS) is 38.6. The maximum absolute atomic E-state index is 5.82. The van der Waals surface area contributed by atoms with E-state index in [4.69, 9.17) is 4.74 Å². The van der Waals surface area contributed by atoms with Gasteiger partial charge in [0.05, 0.1) is 6.61 Å². The molecule has 2 atom stereocenters. The molecule has 2 saturated heterocycles. The Morgan fingerprint density at radius 3 is 2.62 bits per heavy atom. The molecular weight excluding hydrogens is 260 g/mol. The molecule has 3 nitrogen and oxygen atoms in total. The van der Waals surface area contributed by atoms with E-state index in [1.165, 1.54) is 77.4 Å². The summed E-state index contributed by atoms with van der Waals surface area (Å²) >= 11 is 0. The summed E-state index contributed by atoms with van der Waals surface area (Å²) in [6.07, 6.45) is 12.9. The first-order chi connectivity index (χ1) is 10.3. The van der Waals surface area contributed by atoms with Gasteiger partial charge in [0.25, 0.3) is 0 Å². The van der Waals surface area contributed by atoms with Crippen molar-refractivity contribution in [2.24, 2.45) is 11.3 Å². The number of hydrogen-bond acceptors (Lipinski definition) is 3. The minimum atomic E-state index is 0.407. The summed E-state index contributed by atoms with van der Waals surface area (Å²) in [6.45, 7) is 5.78. The third-order valence-electron chi connectivity index (χ3n) is 6.42. The molecule has 4 rings (SSSR count). The molecule has 2 heterocycles. The van der Waals surface area contributed by atoms with Crippen LogP contribution < -0.4 is 5.32 Å². The SMILES string of the molecule is C1CCC(C2CCCN2CC2(CNC3CC3)CCOC2)C1. The first-order valence-corrected chi connectivity index (χ1v) is 9.40. The molecule has 0 amide bonds. The van der Waals surface area contributed by atoms with E-state index < -0.39 is 0 Å². The lowest BCUT2D eigenvalue weighted by Gasteiger charge is -2.37. The van der Waals surface area contributed by atoms with Crippen LogP contribution in [0.25, 0.3) is 0 Å². The van der Waals surface area contributed by atoms with Gasteiger partial charge in [0.1, 0.15) is 0 Å². The fourth-order valence-corrected chi connectivity index (χ4v) is 4.97. The molecule has 2 aliphatic carbocycles. The molecule has 4 aliphatic rings. The molecule has 1 N–H and O–H groups in total. The highest BCUT2D eigenvalue weighted by Gasteiger charge is 2.42. The predicted octanol–water partition coefficient (Wildman–Crippen LogP) is 2.80. The van der Waals surface area contributed by atoms with Gasteiger partial charge in [0.15, 0.2) is 0 Å². The molecule has 2 unspecified atom stereocenters. The van der Waals surface area contributed by atoms with E-state index in [-0.39, 0.29) is 0 Å². The zero-order valence-electron chi connectivity index (χ0n) is 13.5. The van der Waals surface area contributed by atoms with Gasteiger partial charge in [-0.05, 0) is 57.4 Å². The van der Waals surface area contributed by atoms with E-state index in [0.29, 0.717) is 5.41 Å². The van der Waals surface area contributed by atoms with Crippen LogP contribution in [0.3, 0.4) is 0 Å². The molecule has 0 spiro atoms. The van der Waals surface area contributed by atoms with Crippen molar-refractivity contribution in [3.8, 4) is 0 Å². The summed E-state index contributed by atoms with van der Waals surface area (Å²) in [5.41, 5.74) is 0.407. The van der Waals surface area contributed by atoms with Crippen LogP contribution in [-0.4, -0.2) is 49.8 Å². The van der Waals surface area contributed by atoms with Gasteiger partial charge in [0, 0.05) is 37.2 Å². The Morgan fingerprint density at radius 1 is 1.05 bits per heavy atom. The van der Waals surface area contributed by atoms with Crippen LogP contribution in [0.5, 0.6) is 0 Å². The summed E-state index contributed by atoms with van der Waals surface area (Å²) < 4.78 is 5.82. The average molecular weight is 292 g/mol. The lowest BCUT2D eigenvalue weighted by atomic mass is 9.85. The van der Waals surface area contributed by atoms with Gasteiger partial charge in [-0.2, -0.15) is 0 Å². The Morgan fingerprint density at radius 2 is 1.90 bits per heavy atom. The molecule has 0 radical (unpaired) electrons. The van der Waals surface area contributed by atoms with Crippen molar-refractivity contribution in [3.05, 3.63) is 0 Å². The minimum absolute atomic E-state index is 0.407. The largest absolute Gasteiger partial charge is 0.381 e. The van der Waals surface area contributed by atoms with Crippen molar-refractivity contribution in [1.82, 2.24) is 10.2 Å². The first-order valence-electron chi connectivity index (χ1n) is 9.40. The Balaban J connectivity index is 1.38. The van der Waals surface area contributed by atoms with Gasteiger partial charge in [-0.15, -0.1) is 0 Å². The number of likely N-dealkylation sites (tertiary alicyclic amines) is 1. The Bertz CT molecular complexity index is 343. The second-order valence-corrected chi connectivity index (χ2v) is 8.18. The van der Waals surface area contributed by atoms with Gasteiger partial charge in [0.2, 0.25) is 0 Å². The third kappa shape index (κ3) is 3.30. The number of nitrogens with zero attached hydrogens (tertiary/aromatic N) is 1. The molecule has 2 aliphatic heterocycles. The minimum Gasteiger partial charge on any atom is -0.381 e. The Labute approximate surface area is 129 Å². The van der Waals surface area contributed by atoms with E-state index >= 15 is 0 Å². The fraction of sp³-hybridized carbons (Fsp3) is 1.00. The average Bonchev–Trinajstić information content (AvgIpc) is 2.92. The van der Waals surface area contributed by atoms with E-state index in [1.54, 1.807) is 0 Å². The van der Waals surface area contributed by atoms with Crippen molar-refractivity contribution >= 4 is 0 Å². The summed E-state index contributed by atoms with van der Waals surface area (Å²) in [6, 6.07) is 1.72. The molecular formula is C18H32N2O. The Kier molecular flexibility index (Phi) is 4.25. The highest BCUT2D eigenvalue weighted by molar-refractivity contribution is 4.96. The lowest BCUT2D eigenvalue weighted by molar-refractivity contribution is 0.0869. The van der Waals surface area contributed by atoms with Gasteiger partial charge in [-0.25, -0.2) is 0 Å². The van der Waals surface area contributed by atoms with Crippen LogP contribution in [0, 0.1) is 11.3 Å². The van der Waals surface area contributed by atoms with Crippen LogP contribution in [0.1, 0.15) is 57.8 Å². The van der Waals surface area contributed by atoms with Crippen LogP contribution in [0.15, 0.2) is 0 Å². The highest BCUT2D eigenvalue weighted by Crippen LogP contribution is 2.38. The lowest BCUT2D eigenvalue weighted by Crippen LogP contribution is -2.48. The second-order valence-electron chi connectivity index (χ2n) is 8.18. The van der Waals surface area contributed by atoms with Crippen molar-refractivity contribution < 1.29 is 4.74 Å². The molecule has 3 heteroatoms. The van der Waals surface area contributed by atoms with Crippen LogP contribution in [-0.2, 0) is 4.74 Å². The molecule has 4 fully saturated rings. The van der Waals surface area contributed by atoms with Crippen molar-refractivity contribution in [2.45, 2.75) is 69.9 Å². The summed E-state index contributed by atoms with van der Waals surface area (Å²) in [4.78, 5) is 2.86. The standard InChI is InChI=1S/C18H32N2O/c1-2-5-15(4-1)17-6-3-10-20(17)13-18(9-11-21-14-18)12-19-16-7-8-16/h15-17,19H,1-14H2. The molecule has 0 aromatic heterocycles. The smallest absolute Gasteiger partial charge is 0.0547 e. The summed E-state index contributed by atoms with van der Waals surface area (Å²) in [7, 11) is 0. The third-order valence-corrected chi connectivity index (χ3v) is 6.42. The number of rotatable bonds is 6. The molecule has 0 aromatic rings. The first kappa shape index (κ1) is 14.5. The van der Waals surface area contributed by atoms with Gasteiger partial charge >= 0.3 is 0 Å². The highest BCUT2D eigenvalue weighted by atomic mass is 16.5. The maximum atomic E-state index is 5.82. The van der Waals surface area contributed by atoms with E-state index in [0.717, 1.165) is 31.2 Å². The van der Waals surface area contributed by atoms with Gasteiger partial charge in [-0.1, -0.05) is 12.8 Å². The van der Waals surface area contributed by atoms with E-state index in [2.05, 4.69) is 10.2 Å². The van der Waals surface area contributed by atoms with Crippen LogP contribution in [0.2, 0.25) is 0 Å². The summed E-state index contributed by atoms with van der Waals surface area (Å²) in [5, 5.41) is 3.79. The maximum Gasteiger partial charge on any atom is 0.0547 e. The van der Waals surface area contributed by atoms with Crippen LogP contribution >= 0.6 is 0 Å². The van der Waals surface area contributed by atoms with Crippen molar-refractivity contribution in [2.75, 3.05) is 32.8 Å². The van der Waals surface area contributed by atoms with Crippen molar-refractivity contribution in [3.63, 3.8) is 0 Å². The molecule has 21 heavy (non-hydrogen) atoms. The number of nitrogens with one attached hydrogen (secondary N) is 1. The second kappa shape index (κ2) is 6.17. The Hall–Kier alpha value is -0.120. The van der Waals surface area contributed by atoms with Crippen LogP contribution in [0.4, 0.5) is 0 Å². The van der Waals surface area contributed by atoms with E-state index in [9.17, 15) is 0 Å². The monoisotopic (exact) mass is 292 g/mol. The topological polar surface area (TPSA) is 24.5 Å².